The first kappa shape index (κ1) is 14.6. The Balaban J connectivity index is 2.46. The lowest BCUT2D eigenvalue weighted by molar-refractivity contribution is -0.121. The van der Waals surface area contributed by atoms with Crippen LogP contribution in [0.25, 0.3) is 0 Å². The fourth-order valence-corrected chi connectivity index (χ4v) is 1.62. The number of amides is 1. The van der Waals surface area contributed by atoms with Crippen LogP contribution in [0.4, 0.5) is 4.39 Å². The predicted molar refractivity (Wildman–Crippen MR) is 65.6 cm³/mol. The number of carbonyl (C=O) groups is 1. The van der Waals surface area contributed by atoms with Crippen molar-refractivity contribution >= 4 is 5.91 Å². The van der Waals surface area contributed by atoms with Gasteiger partial charge in [-0.3, -0.25) is 4.79 Å². The van der Waals surface area contributed by atoms with Gasteiger partial charge in [-0.25, -0.2) is 4.39 Å². The van der Waals surface area contributed by atoms with E-state index in [0.29, 0.717) is 13.0 Å². The molecule has 0 radical (unpaired) electrons. The molecule has 0 aliphatic rings. The first-order valence-corrected chi connectivity index (χ1v) is 5.79. The van der Waals surface area contributed by atoms with Crippen molar-refractivity contribution in [3.8, 4) is 0 Å². The van der Waals surface area contributed by atoms with Gasteiger partial charge in [0.1, 0.15) is 5.82 Å². The molecule has 0 fully saturated rings. The standard InChI is InChI=1S/C13H18FNO3/c1-18-9-12(6-7-16)15-13(17)8-10-2-4-11(14)5-3-10/h2-5,12,16H,6-9H2,1H3,(H,15,17). The Labute approximate surface area is 106 Å². The number of aliphatic hydroxyl groups excluding tert-OH is 1. The number of aliphatic hydroxyl groups is 1. The molecule has 0 spiro atoms. The van der Waals surface area contributed by atoms with E-state index >= 15 is 0 Å². The van der Waals surface area contributed by atoms with E-state index in [1.54, 1.807) is 12.1 Å². The zero-order valence-electron chi connectivity index (χ0n) is 10.4. The number of rotatable bonds is 7. The van der Waals surface area contributed by atoms with Crippen LogP contribution in [0.5, 0.6) is 0 Å². The van der Waals surface area contributed by atoms with Crippen LogP contribution in [0.3, 0.4) is 0 Å². The molecule has 5 heteroatoms. The molecule has 0 aliphatic heterocycles. The number of carbonyl (C=O) groups excluding carboxylic acids is 1. The van der Waals surface area contributed by atoms with Crippen LogP contribution in [-0.2, 0) is 16.0 Å². The summed E-state index contributed by atoms with van der Waals surface area (Å²) in [5, 5.41) is 11.6. The summed E-state index contributed by atoms with van der Waals surface area (Å²) in [5.74, 6) is -0.492. The maximum absolute atomic E-state index is 12.7. The molecule has 0 aromatic heterocycles. The van der Waals surface area contributed by atoms with Crippen molar-refractivity contribution in [3.05, 3.63) is 35.6 Å². The van der Waals surface area contributed by atoms with Crippen LogP contribution in [0, 0.1) is 5.82 Å². The minimum absolute atomic E-state index is 0.00907. The Hall–Kier alpha value is -1.46. The molecule has 0 aliphatic carbocycles. The molecule has 0 bridgehead atoms. The van der Waals surface area contributed by atoms with Crippen LogP contribution in [0.1, 0.15) is 12.0 Å². The van der Waals surface area contributed by atoms with Gasteiger partial charge in [0.2, 0.25) is 5.91 Å². The molecular weight excluding hydrogens is 237 g/mol. The summed E-state index contributed by atoms with van der Waals surface area (Å²) in [7, 11) is 1.54. The van der Waals surface area contributed by atoms with Gasteiger partial charge in [-0.1, -0.05) is 12.1 Å². The Bertz CT molecular complexity index is 361. The van der Waals surface area contributed by atoms with Gasteiger partial charge in [-0.15, -0.1) is 0 Å². The van der Waals surface area contributed by atoms with Gasteiger partial charge >= 0.3 is 0 Å². The first-order valence-electron chi connectivity index (χ1n) is 5.79. The number of hydrogen-bond acceptors (Lipinski definition) is 3. The maximum Gasteiger partial charge on any atom is 0.224 e. The number of nitrogens with one attached hydrogen (secondary N) is 1. The van der Waals surface area contributed by atoms with E-state index in [2.05, 4.69) is 5.32 Å². The number of halogens is 1. The van der Waals surface area contributed by atoms with Gasteiger partial charge < -0.3 is 15.2 Å². The summed E-state index contributed by atoms with van der Waals surface area (Å²) in [6, 6.07) is 5.60. The maximum atomic E-state index is 12.7. The molecule has 0 saturated heterocycles. The number of hydrogen-bond donors (Lipinski definition) is 2. The second-order valence-electron chi connectivity index (χ2n) is 4.04. The highest BCUT2D eigenvalue weighted by molar-refractivity contribution is 5.78. The lowest BCUT2D eigenvalue weighted by Crippen LogP contribution is -2.39. The van der Waals surface area contributed by atoms with Gasteiger partial charge in [-0.05, 0) is 24.1 Å². The third kappa shape index (κ3) is 5.25. The minimum Gasteiger partial charge on any atom is -0.396 e. The smallest absolute Gasteiger partial charge is 0.224 e. The van der Waals surface area contributed by atoms with Crippen molar-refractivity contribution in [2.45, 2.75) is 18.9 Å². The van der Waals surface area contributed by atoms with Gasteiger partial charge in [0.25, 0.3) is 0 Å². The molecule has 0 saturated carbocycles. The van der Waals surface area contributed by atoms with E-state index in [9.17, 15) is 9.18 Å². The fraction of sp³-hybridized carbons (Fsp3) is 0.462. The number of ether oxygens (including phenoxy) is 1. The van der Waals surface area contributed by atoms with Gasteiger partial charge in [0, 0.05) is 13.7 Å². The monoisotopic (exact) mass is 255 g/mol. The molecule has 1 aromatic rings. The molecule has 2 N–H and O–H groups in total. The summed E-state index contributed by atoms with van der Waals surface area (Å²) >= 11 is 0. The second kappa shape index (κ2) is 7.79. The molecule has 1 atom stereocenters. The highest BCUT2D eigenvalue weighted by Crippen LogP contribution is 2.04. The van der Waals surface area contributed by atoms with Crippen molar-refractivity contribution in [2.24, 2.45) is 0 Å². The van der Waals surface area contributed by atoms with Crippen molar-refractivity contribution in [1.82, 2.24) is 5.32 Å². The quantitative estimate of drug-likeness (QED) is 0.760. The SMILES string of the molecule is COCC(CCO)NC(=O)Cc1ccc(F)cc1. The van der Waals surface area contributed by atoms with E-state index in [1.165, 1.54) is 19.2 Å². The molecule has 1 aromatic carbocycles. The number of benzene rings is 1. The highest BCUT2D eigenvalue weighted by Gasteiger charge is 2.12. The average Bonchev–Trinajstić information content (AvgIpc) is 2.33. The topological polar surface area (TPSA) is 58.6 Å². The molecule has 1 rings (SSSR count). The van der Waals surface area contributed by atoms with Crippen LogP contribution in [0.2, 0.25) is 0 Å². The van der Waals surface area contributed by atoms with Crippen LogP contribution < -0.4 is 5.32 Å². The zero-order chi connectivity index (χ0) is 13.4. The van der Waals surface area contributed by atoms with Crippen molar-refractivity contribution in [3.63, 3.8) is 0 Å². The van der Waals surface area contributed by atoms with E-state index in [0.717, 1.165) is 5.56 Å². The van der Waals surface area contributed by atoms with Gasteiger partial charge in [0.05, 0.1) is 19.1 Å². The average molecular weight is 255 g/mol. The summed E-state index contributed by atoms with van der Waals surface area (Å²) < 4.78 is 17.6. The lowest BCUT2D eigenvalue weighted by Gasteiger charge is -2.16. The Morgan fingerprint density at radius 1 is 1.44 bits per heavy atom. The summed E-state index contributed by atoms with van der Waals surface area (Å²) in [6.45, 7) is 0.348. The zero-order valence-corrected chi connectivity index (χ0v) is 10.4. The molecule has 0 heterocycles. The molecule has 1 amide bonds. The van der Waals surface area contributed by atoms with E-state index < -0.39 is 0 Å². The Morgan fingerprint density at radius 2 is 2.11 bits per heavy atom. The number of methoxy groups -OCH3 is 1. The molecule has 18 heavy (non-hydrogen) atoms. The normalized spacial score (nSPS) is 12.2. The van der Waals surface area contributed by atoms with E-state index in [4.69, 9.17) is 9.84 Å². The van der Waals surface area contributed by atoms with E-state index in [1.807, 2.05) is 0 Å². The molecule has 100 valence electrons. The minimum atomic E-state index is -0.323. The first-order chi connectivity index (χ1) is 8.65. The van der Waals surface area contributed by atoms with Crippen molar-refractivity contribution in [1.29, 1.82) is 0 Å². The van der Waals surface area contributed by atoms with Crippen LogP contribution >= 0.6 is 0 Å². The molecule has 4 nitrogen and oxygen atoms in total. The third-order valence-corrected chi connectivity index (χ3v) is 2.49. The fourth-order valence-electron chi connectivity index (χ4n) is 1.62. The highest BCUT2D eigenvalue weighted by atomic mass is 19.1. The van der Waals surface area contributed by atoms with Gasteiger partial charge in [0.15, 0.2) is 0 Å². The van der Waals surface area contributed by atoms with Crippen LogP contribution in [0.15, 0.2) is 24.3 Å². The van der Waals surface area contributed by atoms with Crippen LogP contribution in [-0.4, -0.2) is 37.4 Å². The Morgan fingerprint density at radius 3 is 2.67 bits per heavy atom. The largest absolute Gasteiger partial charge is 0.396 e. The summed E-state index contributed by atoms with van der Waals surface area (Å²) in [6.07, 6.45) is 0.634. The van der Waals surface area contributed by atoms with Crippen molar-refractivity contribution < 1.29 is 19.0 Å². The second-order valence-corrected chi connectivity index (χ2v) is 4.04. The third-order valence-electron chi connectivity index (χ3n) is 2.49. The summed E-state index contributed by atoms with van der Waals surface area (Å²) in [5.41, 5.74) is 0.745. The van der Waals surface area contributed by atoms with E-state index in [-0.39, 0.29) is 30.8 Å². The van der Waals surface area contributed by atoms with Gasteiger partial charge in [-0.2, -0.15) is 0 Å². The lowest BCUT2D eigenvalue weighted by atomic mass is 10.1. The summed E-state index contributed by atoms with van der Waals surface area (Å²) in [4.78, 5) is 11.7. The molecular formula is C13H18FNO3. The predicted octanol–water partition coefficient (Wildman–Crippen LogP) is 0.882. The van der Waals surface area contributed by atoms with Crippen molar-refractivity contribution in [2.75, 3.05) is 20.3 Å². The molecule has 1 unspecified atom stereocenters. The Kier molecular flexibility index (Phi) is 6.32.